The number of imidazole rings is 1. The molecule has 2 N–H and O–H groups in total. The van der Waals surface area contributed by atoms with E-state index >= 15 is 0 Å². The largest absolute Gasteiger partial charge is 0.497 e. The lowest BCUT2D eigenvalue weighted by atomic mass is 10.1. The second kappa shape index (κ2) is 5.79. The van der Waals surface area contributed by atoms with Gasteiger partial charge in [-0.05, 0) is 32.0 Å². The molecule has 2 aromatic heterocycles. The van der Waals surface area contributed by atoms with Gasteiger partial charge in [-0.25, -0.2) is 9.67 Å². The van der Waals surface area contributed by atoms with E-state index in [2.05, 4.69) is 28.4 Å². The number of hydrogen-bond acceptors (Lipinski definition) is 4. The van der Waals surface area contributed by atoms with Gasteiger partial charge in [-0.1, -0.05) is 0 Å². The highest BCUT2D eigenvalue weighted by Crippen LogP contribution is 2.30. The number of benzene rings is 1. The van der Waals surface area contributed by atoms with E-state index in [0.29, 0.717) is 0 Å². The first-order chi connectivity index (χ1) is 11.7. The van der Waals surface area contributed by atoms with Gasteiger partial charge in [0.05, 0.1) is 29.9 Å². The van der Waals surface area contributed by atoms with Crippen LogP contribution in [0.25, 0.3) is 17.1 Å². The molecule has 0 saturated heterocycles. The number of hydrogen-bond donors (Lipinski definition) is 2. The van der Waals surface area contributed by atoms with Crippen molar-refractivity contribution in [2.75, 3.05) is 13.7 Å². The van der Waals surface area contributed by atoms with Gasteiger partial charge < -0.3 is 15.0 Å². The summed E-state index contributed by atoms with van der Waals surface area (Å²) in [5.41, 5.74) is 6.39. The van der Waals surface area contributed by atoms with Crippen molar-refractivity contribution in [1.29, 1.82) is 0 Å². The standard InChI is InChI=1S/C18H21N5O/c1-11-8-12(2)23(22-11)17-9-13(24-3)4-5-14(17)18-20-15-6-7-19-10-16(15)21-18/h4-5,8-9,19H,6-7,10H2,1-3H3,(H,20,21). The molecule has 3 heterocycles. The molecule has 0 saturated carbocycles. The van der Waals surface area contributed by atoms with Gasteiger partial charge in [-0.2, -0.15) is 5.10 Å². The Bertz CT molecular complexity index is 869. The SMILES string of the molecule is COc1ccc(-c2nc3c([nH]2)CNCC3)c(-n2nc(C)cc2C)c1. The van der Waals surface area contributed by atoms with Crippen LogP contribution in [0.1, 0.15) is 22.8 Å². The fourth-order valence-corrected chi connectivity index (χ4v) is 3.23. The third kappa shape index (κ3) is 2.49. The summed E-state index contributed by atoms with van der Waals surface area (Å²) in [6, 6.07) is 8.08. The zero-order chi connectivity index (χ0) is 16.7. The topological polar surface area (TPSA) is 67.8 Å². The average Bonchev–Trinajstić information content (AvgIpc) is 3.16. The number of aromatic nitrogens is 4. The van der Waals surface area contributed by atoms with E-state index in [-0.39, 0.29) is 0 Å². The molecule has 0 bridgehead atoms. The van der Waals surface area contributed by atoms with Gasteiger partial charge in [-0.3, -0.25) is 0 Å². The van der Waals surface area contributed by atoms with E-state index in [1.54, 1.807) is 7.11 Å². The van der Waals surface area contributed by atoms with Crippen molar-refractivity contribution in [1.82, 2.24) is 25.1 Å². The number of methoxy groups -OCH3 is 1. The molecule has 1 aliphatic rings. The molecular formula is C18H21N5O. The van der Waals surface area contributed by atoms with Crippen LogP contribution in [0.2, 0.25) is 0 Å². The summed E-state index contributed by atoms with van der Waals surface area (Å²) in [6.45, 7) is 5.87. The first-order valence-corrected chi connectivity index (χ1v) is 8.16. The normalized spacial score (nSPS) is 13.8. The predicted octanol–water partition coefficient (Wildman–Crippen LogP) is 2.53. The smallest absolute Gasteiger partial charge is 0.140 e. The van der Waals surface area contributed by atoms with Crippen LogP contribution in [0, 0.1) is 13.8 Å². The minimum atomic E-state index is 0.805. The van der Waals surface area contributed by atoms with Crippen molar-refractivity contribution in [3.63, 3.8) is 0 Å². The first kappa shape index (κ1) is 15.0. The Labute approximate surface area is 140 Å². The van der Waals surface area contributed by atoms with E-state index in [0.717, 1.165) is 59.4 Å². The summed E-state index contributed by atoms with van der Waals surface area (Å²) < 4.78 is 7.36. The van der Waals surface area contributed by atoms with Crippen LogP contribution in [-0.4, -0.2) is 33.4 Å². The highest BCUT2D eigenvalue weighted by atomic mass is 16.5. The van der Waals surface area contributed by atoms with E-state index in [1.807, 2.05) is 29.8 Å². The maximum absolute atomic E-state index is 5.41. The number of aryl methyl sites for hydroxylation is 2. The van der Waals surface area contributed by atoms with Gasteiger partial charge in [0.2, 0.25) is 0 Å². The van der Waals surface area contributed by atoms with Crippen molar-refractivity contribution in [2.24, 2.45) is 0 Å². The molecule has 4 rings (SSSR count). The summed E-state index contributed by atoms with van der Waals surface area (Å²) in [5.74, 6) is 1.69. The molecule has 0 atom stereocenters. The van der Waals surface area contributed by atoms with E-state index in [9.17, 15) is 0 Å². The fraction of sp³-hybridized carbons (Fsp3) is 0.333. The third-order valence-corrected chi connectivity index (χ3v) is 4.40. The maximum Gasteiger partial charge on any atom is 0.140 e. The summed E-state index contributed by atoms with van der Waals surface area (Å²) in [6.07, 6.45) is 0.956. The average molecular weight is 323 g/mol. The molecule has 1 aromatic carbocycles. The van der Waals surface area contributed by atoms with Gasteiger partial charge in [0, 0.05) is 36.8 Å². The zero-order valence-corrected chi connectivity index (χ0v) is 14.2. The van der Waals surface area contributed by atoms with Crippen molar-refractivity contribution in [3.05, 3.63) is 47.0 Å². The Kier molecular flexibility index (Phi) is 3.61. The van der Waals surface area contributed by atoms with Gasteiger partial charge in [0.1, 0.15) is 11.6 Å². The van der Waals surface area contributed by atoms with Crippen LogP contribution in [0.3, 0.4) is 0 Å². The lowest BCUT2D eigenvalue weighted by molar-refractivity contribution is 0.414. The van der Waals surface area contributed by atoms with E-state index < -0.39 is 0 Å². The maximum atomic E-state index is 5.41. The Balaban J connectivity index is 1.89. The summed E-state index contributed by atoms with van der Waals surface area (Å²) in [5, 5.41) is 8.00. The predicted molar refractivity (Wildman–Crippen MR) is 92.6 cm³/mol. The second-order valence-corrected chi connectivity index (χ2v) is 6.16. The molecular weight excluding hydrogens is 302 g/mol. The number of ether oxygens (including phenoxy) is 1. The highest BCUT2D eigenvalue weighted by molar-refractivity contribution is 5.70. The molecule has 0 radical (unpaired) electrons. The number of rotatable bonds is 3. The number of fused-ring (bicyclic) bond motifs is 1. The lowest BCUT2D eigenvalue weighted by Crippen LogP contribution is -2.23. The summed E-state index contributed by atoms with van der Waals surface area (Å²) >= 11 is 0. The molecule has 1 aliphatic heterocycles. The van der Waals surface area contributed by atoms with E-state index in [4.69, 9.17) is 9.72 Å². The fourth-order valence-electron chi connectivity index (χ4n) is 3.23. The Morgan fingerprint density at radius 2 is 2.08 bits per heavy atom. The molecule has 124 valence electrons. The molecule has 6 nitrogen and oxygen atoms in total. The van der Waals surface area contributed by atoms with Crippen LogP contribution in [-0.2, 0) is 13.0 Å². The Hall–Kier alpha value is -2.60. The Morgan fingerprint density at radius 3 is 2.79 bits per heavy atom. The number of nitrogens with one attached hydrogen (secondary N) is 2. The third-order valence-electron chi connectivity index (χ3n) is 4.40. The van der Waals surface area contributed by atoms with Crippen LogP contribution < -0.4 is 10.1 Å². The molecule has 0 unspecified atom stereocenters. The number of H-pyrrole nitrogens is 1. The zero-order valence-electron chi connectivity index (χ0n) is 14.2. The van der Waals surface area contributed by atoms with Gasteiger partial charge in [0.15, 0.2) is 0 Å². The van der Waals surface area contributed by atoms with Gasteiger partial charge >= 0.3 is 0 Å². The van der Waals surface area contributed by atoms with Crippen LogP contribution in [0.15, 0.2) is 24.3 Å². The lowest BCUT2D eigenvalue weighted by Gasteiger charge is -2.11. The Morgan fingerprint density at radius 1 is 1.21 bits per heavy atom. The molecule has 24 heavy (non-hydrogen) atoms. The van der Waals surface area contributed by atoms with Crippen LogP contribution in [0.4, 0.5) is 0 Å². The molecule has 0 amide bonds. The van der Waals surface area contributed by atoms with Gasteiger partial charge in [-0.15, -0.1) is 0 Å². The molecule has 3 aromatic rings. The number of nitrogens with zero attached hydrogens (tertiary/aromatic N) is 3. The van der Waals surface area contributed by atoms with Crippen molar-refractivity contribution < 1.29 is 4.74 Å². The van der Waals surface area contributed by atoms with Crippen molar-refractivity contribution in [3.8, 4) is 22.8 Å². The highest BCUT2D eigenvalue weighted by Gasteiger charge is 2.19. The van der Waals surface area contributed by atoms with Crippen molar-refractivity contribution in [2.45, 2.75) is 26.8 Å². The quantitative estimate of drug-likeness (QED) is 0.777. The minimum absolute atomic E-state index is 0.805. The molecule has 0 spiro atoms. The molecule has 0 aliphatic carbocycles. The van der Waals surface area contributed by atoms with E-state index in [1.165, 1.54) is 5.69 Å². The molecule has 6 heteroatoms. The molecule has 0 fully saturated rings. The van der Waals surface area contributed by atoms with Crippen molar-refractivity contribution >= 4 is 0 Å². The minimum Gasteiger partial charge on any atom is -0.497 e. The first-order valence-electron chi connectivity index (χ1n) is 8.16. The van der Waals surface area contributed by atoms with Crippen LogP contribution in [0.5, 0.6) is 5.75 Å². The van der Waals surface area contributed by atoms with Gasteiger partial charge in [0.25, 0.3) is 0 Å². The monoisotopic (exact) mass is 323 g/mol. The summed E-state index contributed by atoms with van der Waals surface area (Å²) in [7, 11) is 1.68. The van der Waals surface area contributed by atoms with Crippen LogP contribution >= 0.6 is 0 Å². The number of aromatic amines is 1. The summed E-state index contributed by atoms with van der Waals surface area (Å²) in [4.78, 5) is 8.29. The second-order valence-electron chi connectivity index (χ2n) is 6.16.